The molecule has 0 aliphatic carbocycles. The number of piperidine rings is 1. The fourth-order valence-electron chi connectivity index (χ4n) is 2.55. The van der Waals surface area contributed by atoms with Crippen molar-refractivity contribution in [3.8, 4) is 0 Å². The number of hydrogen-bond donors (Lipinski definition) is 1. The molecule has 1 aliphatic rings. The second kappa shape index (κ2) is 5.94. The number of nitrogens with two attached hydrogens (primary N) is 1. The van der Waals surface area contributed by atoms with Gasteiger partial charge in [-0.15, -0.1) is 0 Å². The fraction of sp³-hybridized carbons (Fsp3) is 0.538. The van der Waals surface area contributed by atoms with Crippen LogP contribution in [0, 0.1) is 5.92 Å². The third-order valence-electron chi connectivity index (χ3n) is 3.65. The molecule has 0 spiro atoms. The van der Waals surface area contributed by atoms with Gasteiger partial charge in [0.1, 0.15) is 0 Å². The molecule has 1 aromatic carbocycles. The smallest absolute Gasteiger partial charge is 0.211 e. The second-order valence-corrected chi connectivity index (χ2v) is 9.50. The lowest BCUT2D eigenvalue weighted by Gasteiger charge is -2.30. The van der Waals surface area contributed by atoms with E-state index in [9.17, 15) is 16.8 Å². The molecule has 2 N–H and O–H groups in total. The molecule has 1 heterocycles. The van der Waals surface area contributed by atoms with Gasteiger partial charge in [0.05, 0.1) is 16.9 Å². The zero-order valence-corrected chi connectivity index (χ0v) is 13.5. The first-order chi connectivity index (χ1) is 9.68. The summed E-state index contributed by atoms with van der Waals surface area (Å²) in [7, 11) is -6.69. The number of sulfonamides is 1. The van der Waals surface area contributed by atoms with Gasteiger partial charge in [-0.25, -0.2) is 21.1 Å². The van der Waals surface area contributed by atoms with Crippen molar-refractivity contribution < 1.29 is 16.8 Å². The van der Waals surface area contributed by atoms with Gasteiger partial charge in [0, 0.05) is 18.8 Å². The zero-order valence-electron chi connectivity index (χ0n) is 11.9. The van der Waals surface area contributed by atoms with Crippen LogP contribution >= 0.6 is 0 Å². The molecule has 0 saturated carbocycles. The summed E-state index contributed by atoms with van der Waals surface area (Å²) in [6, 6.07) is 6.08. The number of benzene rings is 1. The van der Waals surface area contributed by atoms with Crippen molar-refractivity contribution in [1.82, 2.24) is 4.31 Å². The van der Waals surface area contributed by atoms with Gasteiger partial charge < -0.3 is 5.73 Å². The van der Waals surface area contributed by atoms with Crippen LogP contribution in [0.3, 0.4) is 0 Å². The molecule has 0 aromatic heterocycles. The molecule has 1 aromatic rings. The molecule has 6 nitrogen and oxygen atoms in total. The van der Waals surface area contributed by atoms with Crippen LogP contribution in [-0.2, 0) is 19.9 Å². The van der Waals surface area contributed by atoms with E-state index in [-0.39, 0.29) is 23.1 Å². The molecule has 0 radical (unpaired) electrons. The number of anilines is 1. The topological polar surface area (TPSA) is 97.5 Å². The monoisotopic (exact) mass is 332 g/mol. The van der Waals surface area contributed by atoms with Crippen LogP contribution in [0.4, 0.5) is 5.69 Å². The summed E-state index contributed by atoms with van der Waals surface area (Å²) in [6.07, 6.45) is 2.57. The Labute approximate surface area is 125 Å². The third kappa shape index (κ3) is 4.18. The summed E-state index contributed by atoms with van der Waals surface area (Å²) >= 11 is 0. The quantitative estimate of drug-likeness (QED) is 0.819. The summed E-state index contributed by atoms with van der Waals surface area (Å²) in [5, 5.41) is 0. The molecule has 8 heteroatoms. The predicted molar refractivity (Wildman–Crippen MR) is 82.0 cm³/mol. The van der Waals surface area contributed by atoms with Gasteiger partial charge in [-0.3, -0.25) is 0 Å². The summed E-state index contributed by atoms with van der Waals surface area (Å²) in [5.74, 6) is -0.209. The molecule has 1 unspecified atom stereocenters. The number of nitrogens with zero attached hydrogens (tertiary/aromatic N) is 1. The van der Waals surface area contributed by atoms with Crippen molar-refractivity contribution in [2.75, 3.05) is 30.8 Å². The van der Waals surface area contributed by atoms with Crippen LogP contribution in [0.2, 0.25) is 0 Å². The van der Waals surface area contributed by atoms with Gasteiger partial charge in [0.15, 0.2) is 9.84 Å². The lowest BCUT2D eigenvalue weighted by Crippen LogP contribution is -2.41. The molecule has 118 valence electrons. The van der Waals surface area contributed by atoms with Crippen LogP contribution in [0.15, 0.2) is 29.2 Å². The number of hydrogen-bond acceptors (Lipinski definition) is 5. The highest BCUT2D eigenvalue weighted by molar-refractivity contribution is 7.91. The van der Waals surface area contributed by atoms with Gasteiger partial charge in [-0.1, -0.05) is 0 Å². The van der Waals surface area contributed by atoms with Crippen LogP contribution in [0.25, 0.3) is 0 Å². The van der Waals surface area contributed by atoms with Crippen molar-refractivity contribution in [2.24, 2.45) is 5.92 Å². The van der Waals surface area contributed by atoms with E-state index in [1.165, 1.54) is 16.4 Å². The maximum atomic E-state index is 12.4. The lowest BCUT2D eigenvalue weighted by atomic mass is 10.0. The van der Waals surface area contributed by atoms with E-state index < -0.39 is 19.9 Å². The van der Waals surface area contributed by atoms with E-state index >= 15 is 0 Å². The van der Waals surface area contributed by atoms with Gasteiger partial charge in [0.25, 0.3) is 0 Å². The Morgan fingerprint density at radius 3 is 2.38 bits per heavy atom. The van der Waals surface area contributed by atoms with E-state index in [2.05, 4.69) is 0 Å². The average Bonchev–Trinajstić information content (AvgIpc) is 2.38. The zero-order chi connectivity index (χ0) is 15.7. The molecular weight excluding hydrogens is 312 g/mol. The minimum Gasteiger partial charge on any atom is -0.399 e. The fourth-order valence-corrected chi connectivity index (χ4v) is 5.12. The molecule has 1 aliphatic heterocycles. The Hall–Kier alpha value is -1.12. The van der Waals surface area contributed by atoms with Gasteiger partial charge in [-0.2, -0.15) is 0 Å². The van der Waals surface area contributed by atoms with E-state index in [1.807, 2.05) is 0 Å². The van der Waals surface area contributed by atoms with E-state index in [1.54, 1.807) is 12.1 Å². The first kappa shape index (κ1) is 16.3. The Morgan fingerprint density at radius 1 is 1.19 bits per heavy atom. The Kier molecular flexibility index (Phi) is 4.60. The third-order valence-corrected chi connectivity index (χ3v) is 6.82. The molecule has 2 rings (SSSR count). The van der Waals surface area contributed by atoms with Crippen molar-refractivity contribution in [3.05, 3.63) is 24.3 Å². The van der Waals surface area contributed by atoms with Crippen LogP contribution < -0.4 is 5.73 Å². The van der Waals surface area contributed by atoms with Crippen molar-refractivity contribution >= 4 is 25.5 Å². The largest absolute Gasteiger partial charge is 0.399 e. The minimum atomic E-state index is -3.42. The highest BCUT2D eigenvalue weighted by Crippen LogP contribution is 2.23. The first-order valence-corrected chi connectivity index (χ1v) is 10.2. The first-order valence-electron chi connectivity index (χ1n) is 6.72. The standard InChI is InChI=1S/C13H20N2O4S2/c1-20(16,17)15-8-2-3-11(9-15)10-21(18,19)13-6-4-12(14)5-7-13/h4-7,11H,2-3,8-10,14H2,1H3. The van der Waals surface area contributed by atoms with Crippen molar-refractivity contribution in [2.45, 2.75) is 17.7 Å². The van der Waals surface area contributed by atoms with Gasteiger partial charge in [-0.05, 0) is 43.0 Å². The van der Waals surface area contributed by atoms with Crippen molar-refractivity contribution in [1.29, 1.82) is 0 Å². The molecule has 1 fully saturated rings. The molecule has 21 heavy (non-hydrogen) atoms. The summed E-state index contributed by atoms with van der Waals surface area (Å²) in [6.45, 7) is 0.740. The number of nitrogen functional groups attached to an aromatic ring is 1. The van der Waals surface area contributed by atoms with Crippen LogP contribution in [0.5, 0.6) is 0 Å². The highest BCUT2D eigenvalue weighted by Gasteiger charge is 2.29. The highest BCUT2D eigenvalue weighted by atomic mass is 32.2. The number of rotatable bonds is 4. The average molecular weight is 332 g/mol. The summed E-state index contributed by atoms with van der Waals surface area (Å²) in [5.41, 5.74) is 6.06. The second-order valence-electron chi connectivity index (χ2n) is 5.48. The molecular formula is C13H20N2O4S2. The Balaban J connectivity index is 2.11. The SMILES string of the molecule is CS(=O)(=O)N1CCCC(CS(=O)(=O)c2ccc(N)cc2)C1. The lowest BCUT2D eigenvalue weighted by molar-refractivity contribution is 0.284. The van der Waals surface area contributed by atoms with Gasteiger partial charge >= 0.3 is 0 Å². The van der Waals surface area contributed by atoms with Gasteiger partial charge in [0.2, 0.25) is 10.0 Å². The summed E-state index contributed by atoms with van der Waals surface area (Å²) < 4.78 is 49.2. The molecule has 0 bridgehead atoms. The maximum absolute atomic E-state index is 12.4. The molecule has 0 amide bonds. The summed E-state index contributed by atoms with van der Waals surface area (Å²) in [4.78, 5) is 0.230. The normalized spacial score (nSPS) is 21.3. The van der Waals surface area contributed by atoms with E-state index in [0.717, 1.165) is 12.7 Å². The number of sulfone groups is 1. The molecule has 1 saturated heterocycles. The van der Waals surface area contributed by atoms with Crippen LogP contribution in [0.1, 0.15) is 12.8 Å². The Bertz CT molecular complexity index is 696. The van der Waals surface area contributed by atoms with Crippen LogP contribution in [-0.4, -0.2) is 46.2 Å². The van der Waals surface area contributed by atoms with E-state index in [4.69, 9.17) is 5.73 Å². The predicted octanol–water partition coefficient (Wildman–Crippen LogP) is 0.714. The Morgan fingerprint density at radius 2 is 1.81 bits per heavy atom. The molecule has 1 atom stereocenters. The van der Waals surface area contributed by atoms with Crippen molar-refractivity contribution in [3.63, 3.8) is 0 Å². The minimum absolute atomic E-state index is 0.0388. The van der Waals surface area contributed by atoms with E-state index in [0.29, 0.717) is 18.7 Å². The maximum Gasteiger partial charge on any atom is 0.211 e.